The van der Waals surface area contributed by atoms with Crippen molar-refractivity contribution >= 4 is 39.1 Å². The minimum atomic E-state index is -1.36. The normalized spacial score (nSPS) is 16.9. The highest BCUT2D eigenvalue weighted by molar-refractivity contribution is 7.22. The molecule has 3 aliphatic heterocycles. The van der Waals surface area contributed by atoms with E-state index in [9.17, 15) is 14.3 Å². The number of hydrogen-bond acceptors (Lipinski definition) is 11. The molecule has 1 N–H and O–H groups in total. The number of carboxylic acids is 1. The van der Waals surface area contributed by atoms with Crippen LogP contribution in [0.3, 0.4) is 0 Å². The third-order valence-corrected chi connectivity index (χ3v) is 14.2. The van der Waals surface area contributed by atoms with Crippen molar-refractivity contribution in [3.05, 3.63) is 136 Å². The molecule has 6 heterocycles. The lowest BCUT2D eigenvalue weighted by atomic mass is 9.85. The molecule has 4 aromatic carbocycles. The molecule has 334 valence electrons. The number of benzene rings is 4. The molecule has 7 aromatic rings. The first kappa shape index (κ1) is 44.2. The maximum atomic E-state index is 14.3. The Bertz CT molecular complexity index is 2830. The van der Waals surface area contributed by atoms with Gasteiger partial charge in [0.05, 0.1) is 23.8 Å². The summed E-state index contributed by atoms with van der Waals surface area (Å²) in [7, 11) is 3.79. The van der Waals surface area contributed by atoms with Crippen molar-refractivity contribution in [2.45, 2.75) is 57.7 Å². The van der Waals surface area contributed by atoms with Crippen LogP contribution in [0.5, 0.6) is 17.4 Å². The van der Waals surface area contributed by atoms with Gasteiger partial charge in [-0.25, -0.2) is 29.1 Å². The lowest BCUT2D eigenvalue weighted by Gasteiger charge is -2.32. The SMILES string of the molecule is COc1ccccc1-c1nccc(COc2ccc3cc2C[C@H](C(=O)O)Oc2ncnc4sc(-c5ccc(F)cc5)c(c24)-c2ccc(c(Cl)c2C)C(CCCN2CCN(C)CC2)CC3)n1. The van der Waals surface area contributed by atoms with E-state index >= 15 is 0 Å². The maximum absolute atomic E-state index is 14.3. The third kappa shape index (κ3) is 9.69. The van der Waals surface area contributed by atoms with E-state index in [-0.39, 0.29) is 30.6 Å². The second-order valence-corrected chi connectivity index (χ2v) is 18.2. The molecule has 0 saturated carbocycles. The minimum absolute atomic E-state index is 0.0163. The number of halogens is 2. The standard InChI is InChI=1S/C51H50ClFN6O5S/c1-31-38-17-18-39(46(31)52)33(7-6-22-59-25-23-58(2)24-26-59)12-10-32-11-19-41(63-29-37-20-21-54-48(57-37)40-8-4-5-9-42(40)62-3)35(27-32)28-43(51(60)61)64-49-45-44(38)47(65-50(45)56-30-55-49)34-13-15-36(53)16-14-34/h4-5,8-9,11,13-21,27,30,33,43H,6-7,10,12,22-26,28-29H2,1-3H3,(H,60,61)/t33?,43-/m1/s1. The van der Waals surface area contributed by atoms with E-state index in [2.05, 4.69) is 50.0 Å². The molecular weight excluding hydrogens is 863 g/mol. The average molecular weight is 914 g/mol. The molecule has 2 atom stereocenters. The second kappa shape index (κ2) is 19.6. The Morgan fingerprint density at radius 3 is 2.58 bits per heavy atom. The molecule has 65 heavy (non-hydrogen) atoms. The highest BCUT2D eigenvalue weighted by Gasteiger charge is 2.30. The first-order valence-electron chi connectivity index (χ1n) is 22.0. The number of aryl methyl sites for hydroxylation is 1. The highest BCUT2D eigenvalue weighted by Crippen LogP contribution is 2.50. The number of likely N-dealkylation sites (N-methyl/N-ethyl adjacent to an activating group) is 1. The molecule has 11 nitrogen and oxygen atoms in total. The summed E-state index contributed by atoms with van der Waals surface area (Å²) in [6, 6.07) is 26.0. The van der Waals surface area contributed by atoms with Crippen LogP contribution in [0.15, 0.2) is 97.5 Å². The molecule has 1 unspecified atom stereocenters. The van der Waals surface area contributed by atoms with Crippen molar-refractivity contribution in [3.8, 4) is 50.3 Å². The highest BCUT2D eigenvalue weighted by atomic mass is 35.5. The fourth-order valence-electron chi connectivity index (χ4n) is 8.97. The lowest BCUT2D eigenvalue weighted by Crippen LogP contribution is -2.44. The number of methoxy groups -OCH3 is 1. The summed E-state index contributed by atoms with van der Waals surface area (Å²) >= 11 is 8.93. The summed E-state index contributed by atoms with van der Waals surface area (Å²) in [5.41, 5.74) is 7.47. The summed E-state index contributed by atoms with van der Waals surface area (Å²) in [5.74, 6) is 0.432. The van der Waals surface area contributed by atoms with Gasteiger partial charge in [-0.2, -0.15) is 0 Å². The van der Waals surface area contributed by atoms with Crippen LogP contribution in [-0.4, -0.2) is 93.8 Å². The van der Waals surface area contributed by atoms with Crippen LogP contribution >= 0.6 is 22.9 Å². The van der Waals surface area contributed by atoms with E-state index < -0.39 is 12.1 Å². The summed E-state index contributed by atoms with van der Waals surface area (Å²) in [6.45, 7) is 7.41. The number of hydrogen-bond donors (Lipinski definition) is 1. The van der Waals surface area contributed by atoms with Crippen LogP contribution in [0.1, 0.15) is 53.1 Å². The van der Waals surface area contributed by atoms with Crippen molar-refractivity contribution in [1.82, 2.24) is 29.7 Å². The number of carbonyl (C=O) groups is 1. The number of aliphatic carboxylic acids is 1. The van der Waals surface area contributed by atoms with Crippen LogP contribution in [0.25, 0.3) is 43.2 Å². The summed E-state index contributed by atoms with van der Waals surface area (Å²) in [4.78, 5) is 38.1. The molecule has 0 amide bonds. The van der Waals surface area contributed by atoms with Crippen LogP contribution in [0.4, 0.5) is 4.39 Å². The monoisotopic (exact) mass is 912 g/mol. The van der Waals surface area contributed by atoms with Crippen LogP contribution in [0.2, 0.25) is 5.02 Å². The Kier molecular flexibility index (Phi) is 13.4. The molecular formula is C51H50ClFN6O5S. The number of carboxylic acid groups (broad SMARTS) is 1. The smallest absolute Gasteiger partial charge is 0.345 e. The quantitative estimate of drug-likeness (QED) is 0.133. The average Bonchev–Trinajstić information content (AvgIpc) is 3.71. The summed E-state index contributed by atoms with van der Waals surface area (Å²) in [5, 5.41) is 12.1. The predicted octanol–water partition coefficient (Wildman–Crippen LogP) is 10.3. The van der Waals surface area contributed by atoms with Gasteiger partial charge in [-0.1, -0.05) is 60.1 Å². The van der Waals surface area contributed by atoms with Gasteiger partial charge in [0.1, 0.15) is 35.1 Å². The zero-order valence-corrected chi connectivity index (χ0v) is 38.2. The van der Waals surface area contributed by atoms with Crippen molar-refractivity contribution in [2.75, 3.05) is 46.9 Å². The Balaban J connectivity index is 1.12. The van der Waals surface area contributed by atoms with Crippen LogP contribution < -0.4 is 14.2 Å². The molecule has 14 heteroatoms. The fraction of sp³-hybridized carbons (Fsp3) is 0.314. The van der Waals surface area contributed by atoms with Gasteiger partial charge in [0.25, 0.3) is 0 Å². The van der Waals surface area contributed by atoms with Gasteiger partial charge in [-0.05, 0) is 122 Å². The number of nitrogens with zero attached hydrogens (tertiary/aromatic N) is 6. The van der Waals surface area contributed by atoms with Gasteiger partial charge in [0.2, 0.25) is 12.0 Å². The third-order valence-electron chi connectivity index (χ3n) is 12.6. The molecule has 0 spiro atoms. The fourth-order valence-corrected chi connectivity index (χ4v) is 10.4. The number of rotatable bonds is 11. The van der Waals surface area contributed by atoms with E-state index in [1.165, 1.54) is 29.8 Å². The van der Waals surface area contributed by atoms with Crippen molar-refractivity contribution in [2.24, 2.45) is 0 Å². The number of fused-ring (bicyclic) bond motifs is 6. The molecule has 3 aliphatic rings. The van der Waals surface area contributed by atoms with E-state index in [0.29, 0.717) is 43.8 Å². The Labute approximate surface area is 386 Å². The van der Waals surface area contributed by atoms with Crippen LogP contribution in [0, 0.1) is 12.7 Å². The first-order chi connectivity index (χ1) is 31.6. The van der Waals surface area contributed by atoms with Gasteiger partial charge < -0.3 is 29.1 Å². The zero-order valence-electron chi connectivity index (χ0n) is 36.6. The number of aromatic nitrogens is 4. The molecule has 4 bridgehead atoms. The summed E-state index contributed by atoms with van der Waals surface area (Å²) < 4.78 is 32.9. The molecule has 0 aliphatic carbocycles. The molecule has 3 aromatic heterocycles. The van der Waals surface area contributed by atoms with Gasteiger partial charge >= 0.3 is 5.97 Å². The van der Waals surface area contributed by atoms with Gasteiger partial charge in [0.15, 0.2) is 5.82 Å². The largest absolute Gasteiger partial charge is 0.496 e. The van der Waals surface area contributed by atoms with Gasteiger partial charge in [-0.3, -0.25) is 0 Å². The van der Waals surface area contributed by atoms with Crippen molar-refractivity contribution in [3.63, 3.8) is 0 Å². The number of ether oxygens (including phenoxy) is 3. The molecule has 0 radical (unpaired) electrons. The molecule has 10 rings (SSSR count). The predicted molar refractivity (Wildman–Crippen MR) is 253 cm³/mol. The Morgan fingerprint density at radius 1 is 0.969 bits per heavy atom. The number of para-hydroxylation sites is 1. The first-order valence-corrected chi connectivity index (χ1v) is 23.2. The molecule has 1 fully saturated rings. The Hall–Kier alpha value is -5.99. The van der Waals surface area contributed by atoms with E-state index in [4.69, 9.17) is 30.8 Å². The van der Waals surface area contributed by atoms with Gasteiger partial charge in [-0.15, -0.1) is 11.3 Å². The van der Waals surface area contributed by atoms with E-state index in [1.807, 2.05) is 43.3 Å². The Morgan fingerprint density at radius 2 is 1.78 bits per heavy atom. The van der Waals surface area contributed by atoms with Crippen LogP contribution in [-0.2, 0) is 24.2 Å². The van der Waals surface area contributed by atoms with Gasteiger partial charge in [0, 0.05) is 54.3 Å². The summed E-state index contributed by atoms with van der Waals surface area (Å²) in [6.07, 6.45) is 5.22. The van der Waals surface area contributed by atoms with E-state index in [0.717, 1.165) is 102 Å². The maximum Gasteiger partial charge on any atom is 0.345 e. The second-order valence-electron chi connectivity index (χ2n) is 16.8. The van der Waals surface area contributed by atoms with E-state index in [1.54, 1.807) is 31.5 Å². The van der Waals surface area contributed by atoms with Crippen molar-refractivity contribution < 1.29 is 28.5 Å². The zero-order chi connectivity index (χ0) is 45.0. The van der Waals surface area contributed by atoms with Crippen molar-refractivity contribution in [1.29, 1.82) is 0 Å². The lowest BCUT2D eigenvalue weighted by molar-refractivity contribution is -0.145. The number of piperazine rings is 1. The minimum Gasteiger partial charge on any atom is -0.496 e. The topological polar surface area (TPSA) is 123 Å². The number of thiophene rings is 1. The molecule has 1 saturated heterocycles.